The van der Waals surface area contributed by atoms with E-state index in [1.165, 1.54) is 16.2 Å². The summed E-state index contributed by atoms with van der Waals surface area (Å²) < 4.78 is 1.15. The third-order valence-corrected chi connectivity index (χ3v) is 5.42. The van der Waals surface area contributed by atoms with Gasteiger partial charge < -0.3 is 10.6 Å². The molecular weight excluding hydrogens is 288 g/mol. The van der Waals surface area contributed by atoms with Gasteiger partial charge in [0.2, 0.25) is 0 Å². The topological polar surface area (TPSA) is 54.5 Å². The summed E-state index contributed by atoms with van der Waals surface area (Å²) in [4.78, 5) is 12.6. The zero-order valence-corrected chi connectivity index (χ0v) is 12.7. The number of benzene rings is 1. The van der Waals surface area contributed by atoms with E-state index in [9.17, 15) is 0 Å². The molecule has 0 saturated carbocycles. The van der Waals surface area contributed by atoms with Crippen LogP contribution in [0.2, 0.25) is 0 Å². The van der Waals surface area contributed by atoms with Crippen LogP contribution in [0.25, 0.3) is 15.9 Å². The molecule has 0 aliphatic carbocycles. The molecular formula is C14H14N4S2. The molecule has 2 aromatic rings. The highest BCUT2D eigenvalue weighted by Gasteiger charge is 2.29. The van der Waals surface area contributed by atoms with Crippen LogP contribution in [0.1, 0.15) is 18.9 Å². The van der Waals surface area contributed by atoms with Crippen molar-refractivity contribution in [1.29, 1.82) is 0 Å². The van der Waals surface area contributed by atoms with Gasteiger partial charge in [0.1, 0.15) is 0 Å². The first-order chi connectivity index (χ1) is 9.72. The highest BCUT2D eigenvalue weighted by atomic mass is 32.2. The molecule has 0 spiro atoms. The number of hydrogen-bond donors (Lipinski definition) is 1. The number of aromatic nitrogens is 1. The molecule has 0 unspecified atom stereocenters. The minimum atomic E-state index is 0.629. The summed E-state index contributed by atoms with van der Waals surface area (Å²) in [7, 11) is 0. The van der Waals surface area contributed by atoms with Crippen molar-refractivity contribution in [2.24, 2.45) is 4.99 Å². The minimum Gasteiger partial charge on any atom is -0.375 e. The van der Waals surface area contributed by atoms with Crippen LogP contribution in [0.15, 0.2) is 28.1 Å². The highest BCUT2D eigenvalue weighted by molar-refractivity contribution is 8.17. The molecule has 0 bridgehead atoms. The molecule has 1 aromatic heterocycles. The Hall–Kier alpha value is -1.53. The van der Waals surface area contributed by atoms with Gasteiger partial charge in [0.25, 0.3) is 0 Å². The van der Waals surface area contributed by atoms with E-state index in [0.717, 1.165) is 34.9 Å². The van der Waals surface area contributed by atoms with E-state index < -0.39 is 0 Å². The van der Waals surface area contributed by atoms with Crippen molar-refractivity contribution < 1.29 is 0 Å². The number of hydrogen-bond acceptors (Lipinski definition) is 6. The fourth-order valence-corrected chi connectivity index (χ4v) is 4.52. The maximum Gasteiger partial charge on any atom is 0.181 e. The molecule has 0 atom stereocenters. The number of nitrogens with zero attached hydrogens (tertiary/aromatic N) is 3. The Labute approximate surface area is 125 Å². The number of thiazole rings is 1. The Morgan fingerprint density at radius 2 is 2.25 bits per heavy atom. The summed E-state index contributed by atoms with van der Waals surface area (Å²) in [6, 6.07) is 6.39. The van der Waals surface area contributed by atoms with Gasteiger partial charge in [-0.1, -0.05) is 29.2 Å². The maximum absolute atomic E-state index is 5.79. The van der Waals surface area contributed by atoms with Crippen molar-refractivity contribution in [1.82, 2.24) is 9.88 Å². The molecule has 2 N–H and O–H groups in total. The number of thioether (sulfide) groups is 1. The lowest BCUT2D eigenvalue weighted by Gasteiger charge is -2.25. The molecule has 2 aliphatic rings. The second kappa shape index (κ2) is 4.49. The van der Waals surface area contributed by atoms with Gasteiger partial charge in [-0.3, -0.25) is 4.99 Å². The molecule has 1 aromatic carbocycles. The van der Waals surface area contributed by atoms with E-state index in [0.29, 0.717) is 5.13 Å². The van der Waals surface area contributed by atoms with Crippen molar-refractivity contribution in [3.8, 4) is 0 Å². The first-order valence-corrected chi connectivity index (χ1v) is 8.23. The standard InChI is InChI=1S/C14H14N4S2/c1-8-12(18-6-2-5-16-14(18)19-8)9-3-4-10-11(7-9)20-13(15)17-10/h3-4,7H,2,5-6H2,1H3,(H2,15,17). The molecule has 6 heteroatoms. The second-order valence-corrected chi connectivity index (χ2v) is 7.15. The van der Waals surface area contributed by atoms with Crippen LogP contribution in [0, 0.1) is 0 Å². The van der Waals surface area contributed by atoms with Crippen LogP contribution in [-0.4, -0.2) is 28.1 Å². The van der Waals surface area contributed by atoms with Gasteiger partial charge in [0, 0.05) is 23.6 Å². The molecule has 0 radical (unpaired) electrons. The van der Waals surface area contributed by atoms with Crippen LogP contribution >= 0.6 is 23.1 Å². The number of nitrogen functional groups attached to an aromatic ring is 1. The molecule has 3 heterocycles. The van der Waals surface area contributed by atoms with E-state index in [4.69, 9.17) is 5.73 Å². The van der Waals surface area contributed by atoms with Crippen LogP contribution in [-0.2, 0) is 0 Å². The van der Waals surface area contributed by atoms with Crippen molar-refractivity contribution in [3.05, 3.63) is 28.7 Å². The summed E-state index contributed by atoms with van der Waals surface area (Å²) in [6.45, 7) is 4.18. The van der Waals surface area contributed by atoms with Crippen LogP contribution < -0.4 is 5.73 Å². The normalized spacial score (nSPS) is 18.6. The minimum absolute atomic E-state index is 0.629. The summed E-state index contributed by atoms with van der Waals surface area (Å²) in [5.41, 5.74) is 9.30. The van der Waals surface area contributed by atoms with Gasteiger partial charge >= 0.3 is 0 Å². The number of amidine groups is 1. The van der Waals surface area contributed by atoms with E-state index in [1.54, 1.807) is 23.1 Å². The van der Waals surface area contributed by atoms with E-state index in [-0.39, 0.29) is 0 Å². The number of anilines is 1. The summed E-state index contributed by atoms with van der Waals surface area (Å²) >= 11 is 3.33. The van der Waals surface area contributed by atoms with Crippen molar-refractivity contribution >= 4 is 49.3 Å². The van der Waals surface area contributed by atoms with Crippen LogP contribution in [0.5, 0.6) is 0 Å². The Bertz CT molecular complexity index is 760. The largest absolute Gasteiger partial charge is 0.375 e. The van der Waals surface area contributed by atoms with E-state index in [1.807, 2.05) is 0 Å². The second-order valence-electron chi connectivity index (χ2n) is 4.91. The van der Waals surface area contributed by atoms with Gasteiger partial charge in [-0.2, -0.15) is 0 Å². The van der Waals surface area contributed by atoms with Crippen molar-refractivity contribution in [2.75, 3.05) is 18.8 Å². The SMILES string of the molecule is CC1=C(c2ccc3nc(N)sc3c2)N2CCCN=C2S1. The average molecular weight is 302 g/mol. The Morgan fingerprint density at radius 3 is 3.15 bits per heavy atom. The third kappa shape index (κ3) is 1.83. The third-order valence-electron chi connectivity index (χ3n) is 3.54. The number of nitrogens with two attached hydrogens (primary N) is 1. The van der Waals surface area contributed by atoms with Gasteiger partial charge in [0.15, 0.2) is 10.3 Å². The van der Waals surface area contributed by atoms with Crippen LogP contribution in [0.3, 0.4) is 0 Å². The zero-order chi connectivity index (χ0) is 13.7. The smallest absolute Gasteiger partial charge is 0.181 e. The maximum atomic E-state index is 5.79. The molecule has 4 rings (SSSR count). The van der Waals surface area contributed by atoms with Crippen molar-refractivity contribution in [2.45, 2.75) is 13.3 Å². The van der Waals surface area contributed by atoms with Gasteiger partial charge in [-0.25, -0.2) is 4.98 Å². The molecule has 2 aliphatic heterocycles. The lowest BCUT2D eigenvalue weighted by atomic mass is 10.1. The average Bonchev–Trinajstić information content (AvgIpc) is 2.95. The molecule has 0 fully saturated rings. The predicted molar refractivity (Wildman–Crippen MR) is 87.8 cm³/mol. The van der Waals surface area contributed by atoms with Crippen molar-refractivity contribution in [3.63, 3.8) is 0 Å². The lowest BCUT2D eigenvalue weighted by Crippen LogP contribution is -2.28. The zero-order valence-electron chi connectivity index (χ0n) is 11.1. The monoisotopic (exact) mass is 302 g/mol. The fourth-order valence-electron chi connectivity index (χ4n) is 2.70. The fraction of sp³-hybridized carbons (Fsp3) is 0.286. The van der Waals surface area contributed by atoms with Crippen LogP contribution in [0.4, 0.5) is 5.13 Å². The van der Waals surface area contributed by atoms with E-state index in [2.05, 4.69) is 40.0 Å². The number of rotatable bonds is 1. The molecule has 0 amide bonds. The molecule has 0 saturated heterocycles. The van der Waals surface area contributed by atoms with Gasteiger partial charge in [-0.05, 0) is 25.5 Å². The Morgan fingerprint density at radius 1 is 1.35 bits per heavy atom. The molecule has 102 valence electrons. The number of fused-ring (bicyclic) bond motifs is 2. The summed E-state index contributed by atoms with van der Waals surface area (Å²) in [5.74, 6) is 0. The Kier molecular flexibility index (Phi) is 2.75. The number of allylic oxidation sites excluding steroid dienone is 1. The number of aliphatic imine (C=N–C) groups is 1. The van der Waals surface area contributed by atoms with E-state index >= 15 is 0 Å². The lowest BCUT2D eigenvalue weighted by molar-refractivity contribution is 0.541. The summed E-state index contributed by atoms with van der Waals surface area (Å²) in [5, 5.41) is 1.77. The van der Waals surface area contributed by atoms with Gasteiger partial charge in [-0.15, -0.1) is 0 Å². The molecule has 4 nitrogen and oxygen atoms in total. The highest BCUT2D eigenvalue weighted by Crippen LogP contribution is 2.41. The summed E-state index contributed by atoms with van der Waals surface area (Å²) in [6.07, 6.45) is 1.12. The predicted octanol–water partition coefficient (Wildman–Crippen LogP) is 3.38. The quantitative estimate of drug-likeness (QED) is 0.877. The first kappa shape index (κ1) is 12.2. The Balaban J connectivity index is 1.83. The molecule has 20 heavy (non-hydrogen) atoms. The van der Waals surface area contributed by atoms with Gasteiger partial charge in [0.05, 0.1) is 15.9 Å². The first-order valence-electron chi connectivity index (χ1n) is 6.59.